The van der Waals surface area contributed by atoms with Gasteiger partial charge in [-0.3, -0.25) is 0 Å². The lowest BCUT2D eigenvalue weighted by Gasteiger charge is -2.23. The molecule has 0 heterocycles. The third kappa shape index (κ3) is 0.500. The van der Waals surface area contributed by atoms with E-state index in [4.69, 9.17) is 0 Å². The van der Waals surface area contributed by atoms with Gasteiger partial charge in [-0.05, 0) is 55.8 Å². The molecule has 0 aromatic heterocycles. The summed E-state index contributed by atoms with van der Waals surface area (Å²) in [5, 5.41) is 0. The van der Waals surface area contributed by atoms with E-state index in [1.54, 1.807) is 25.7 Å². The molecular formula is C9H13. The van der Waals surface area contributed by atoms with Crippen LogP contribution in [0.25, 0.3) is 0 Å². The molecule has 1 radical (unpaired) electrons. The van der Waals surface area contributed by atoms with Crippen LogP contribution in [0.3, 0.4) is 0 Å². The average Bonchev–Trinajstić information content (AvgIpc) is 2.20. The van der Waals surface area contributed by atoms with Crippen LogP contribution in [-0.2, 0) is 0 Å². The fourth-order valence-electron chi connectivity index (χ4n) is 3.41. The topological polar surface area (TPSA) is 0 Å². The van der Waals surface area contributed by atoms with E-state index in [-0.39, 0.29) is 0 Å². The average molecular weight is 121 g/mol. The number of hydrogen-bond donors (Lipinski definition) is 0. The van der Waals surface area contributed by atoms with Crippen LogP contribution in [0, 0.1) is 30.1 Å². The molecule has 0 unspecified atom stereocenters. The van der Waals surface area contributed by atoms with Crippen molar-refractivity contribution >= 4 is 0 Å². The summed E-state index contributed by atoms with van der Waals surface area (Å²) in [5.74, 6) is 4.47. The maximum atomic E-state index is 2.64. The van der Waals surface area contributed by atoms with Crippen LogP contribution in [0.1, 0.15) is 25.7 Å². The molecule has 0 aromatic carbocycles. The fourth-order valence-corrected chi connectivity index (χ4v) is 3.41. The third-order valence-electron chi connectivity index (χ3n) is 3.63. The van der Waals surface area contributed by atoms with Gasteiger partial charge in [0, 0.05) is 0 Å². The summed E-state index contributed by atoms with van der Waals surface area (Å²) in [6.45, 7) is 0. The summed E-state index contributed by atoms with van der Waals surface area (Å²) in [7, 11) is 0. The molecule has 0 heteroatoms. The second kappa shape index (κ2) is 1.36. The van der Waals surface area contributed by atoms with Gasteiger partial charge in [0.25, 0.3) is 0 Å². The Kier molecular flexibility index (Phi) is 0.717. The standard InChI is InChI=1S/C9H13/c1-6-2-8-4-7(1)5-9(8)3-6/h1,6-9H,2-5H2. The summed E-state index contributed by atoms with van der Waals surface area (Å²) < 4.78 is 0. The Balaban J connectivity index is 2.00. The molecule has 9 heavy (non-hydrogen) atoms. The third-order valence-corrected chi connectivity index (χ3v) is 3.63. The van der Waals surface area contributed by atoms with E-state index in [0.29, 0.717) is 0 Å². The molecule has 4 rings (SSSR count). The van der Waals surface area contributed by atoms with Crippen LogP contribution in [0.15, 0.2) is 0 Å². The van der Waals surface area contributed by atoms with Crippen LogP contribution in [-0.4, -0.2) is 0 Å². The molecular weight excluding hydrogens is 108 g/mol. The smallest absolute Gasteiger partial charge is 0.0323 e. The minimum atomic E-state index is 1.06. The summed E-state index contributed by atoms with van der Waals surface area (Å²) in [6.07, 6.45) is 8.87. The molecule has 49 valence electrons. The van der Waals surface area contributed by atoms with Gasteiger partial charge < -0.3 is 0 Å². The van der Waals surface area contributed by atoms with Crippen molar-refractivity contribution in [3.8, 4) is 0 Å². The van der Waals surface area contributed by atoms with Crippen molar-refractivity contribution in [1.82, 2.24) is 0 Å². The molecule has 0 nitrogen and oxygen atoms in total. The highest BCUT2D eigenvalue weighted by atomic mass is 14.5. The predicted octanol–water partition coefficient (Wildman–Crippen LogP) is 2.26. The summed E-state index contributed by atoms with van der Waals surface area (Å²) in [4.78, 5) is 0. The summed E-state index contributed by atoms with van der Waals surface area (Å²) in [6, 6.07) is 0. The minimum Gasteiger partial charge on any atom is -0.0470 e. The second-order valence-corrected chi connectivity index (χ2v) is 4.18. The molecule has 0 atom stereocenters. The molecule has 0 amide bonds. The first-order chi connectivity index (χ1) is 4.42. The minimum absolute atomic E-state index is 1.06. The molecule has 4 aliphatic carbocycles. The van der Waals surface area contributed by atoms with Crippen molar-refractivity contribution in [2.24, 2.45) is 23.7 Å². The van der Waals surface area contributed by atoms with Crippen LogP contribution >= 0.6 is 0 Å². The van der Waals surface area contributed by atoms with Gasteiger partial charge in [-0.25, -0.2) is 0 Å². The van der Waals surface area contributed by atoms with E-state index < -0.39 is 0 Å². The predicted molar refractivity (Wildman–Crippen MR) is 36.7 cm³/mol. The Morgan fingerprint density at radius 3 is 1.56 bits per heavy atom. The van der Waals surface area contributed by atoms with E-state index >= 15 is 0 Å². The molecule has 4 aliphatic rings. The quantitative estimate of drug-likeness (QED) is 0.461. The zero-order valence-electron chi connectivity index (χ0n) is 5.72. The van der Waals surface area contributed by atoms with Gasteiger partial charge >= 0.3 is 0 Å². The first-order valence-corrected chi connectivity index (χ1v) is 4.27. The van der Waals surface area contributed by atoms with Crippen LogP contribution in [0.4, 0.5) is 0 Å². The molecule has 0 saturated heterocycles. The van der Waals surface area contributed by atoms with Crippen molar-refractivity contribution in [3.63, 3.8) is 0 Å². The van der Waals surface area contributed by atoms with Crippen LogP contribution in [0.2, 0.25) is 0 Å². The SMILES string of the molecule is [CH]1C2CC3CC1CC3C2. The molecule has 4 saturated carbocycles. The van der Waals surface area contributed by atoms with E-state index in [1.165, 1.54) is 11.8 Å². The first-order valence-electron chi connectivity index (χ1n) is 4.27. The van der Waals surface area contributed by atoms with Crippen molar-refractivity contribution < 1.29 is 0 Å². The lowest BCUT2D eigenvalue weighted by atomic mass is 9.82. The van der Waals surface area contributed by atoms with E-state index in [2.05, 4.69) is 6.42 Å². The zero-order valence-corrected chi connectivity index (χ0v) is 5.72. The highest BCUT2D eigenvalue weighted by molar-refractivity contribution is 5.06. The van der Waals surface area contributed by atoms with Crippen LogP contribution < -0.4 is 0 Å². The monoisotopic (exact) mass is 121 g/mol. The van der Waals surface area contributed by atoms with Crippen molar-refractivity contribution in [3.05, 3.63) is 6.42 Å². The normalized spacial score (nSPS) is 61.3. The number of rotatable bonds is 0. The Labute approximate surface area is 56.6 Å². The largest absolute Gasteiger partial charge is 0.0470 e. The first kappa shape index (κ1) is 4.76. The van der Waals surface area contributed by atoms with Gasteiger partial charge in [0.05, 0.1) is 0 Å². The molecule has 0 spiro atoms. The van der Waals surface area contributed by atoms with E-state index in [0.717, 1.165) is 11.8 Å². The second-order valence-electron chi connectivity index (χ2n) is 4.18. The zero-order chi connectivity index (χ0) is 5.84. The Hall–Kier alpha value is 0. The van der Waals surface area contributed by atoms with Crippen molar-refractivity contribution in [2.45, 2.75) is 25.7 Å². The van der Waals surface area contributed by atoms with Gasteiger partial charge in [0.15, 0.2) is 0 Å². The molecule has 0 aromatic rings. The van der Waals surface area contributed by atoms with Crippen molar-refractivity contribution in [2.75, 3.05) is 0 Å². The summed E-state index contributed by atoms with van der Waals surface area (Å²) >= 11 is 0. The Morgan fingerprint density at radius 1 is 0.778 bits per heavy atom. The van der Waals surface area contributed by atoms with Gasteiger partial charge in [-0.2, -0.15) is 0 Å². The number of hydrogen-bond acceptors (Lipinski definition) is 0. The van der Waals surface area contributed by atoms with E-state index in [1.807, 2.05) is 0 Å². The highest BCUT2D eigenvalue weighted by Crippen LogP contribution is 2.57. The van der Waals surface area contributed by atoms with E-state index in [9.17, 15) is 0 Å². The maximum Gasteiger partial charge on any atom is -0.0323 e. The molecule has 4 fully saturated rings. The molecule has 0 N–H and O–H groups in total. The fraction of sp³-hybridized carbons (Fsp3) is 0.889. The van der Waals surface area contributed by atoms with Gasteiger partial charge in [0.2, 0.25) is 0 Å². The Morgan fingerprint density at radius 2 is 1.22 bits per heavy atom. The lowest BCUT2D eigenvalue weighted by molar-refractivity contribution is 0.378. The van der Waals surface area contributed by atoms with Crippen LogP contribution in [0.5, 0.6) is 0 Å². The maximum absolute atomic E-state index is 2.64. The lowest BCUT2D eigenvalue weighted by Crippen LogP contribution is -2.13. The highest BCUT2D eigenvalue weighted by Gasteiger charge is 2.47. The van der Waals surface area contributed by atoms with Gasteiger partial charge in [0.1, 0.15) is 0 Å². The molecule has 4 bridgehead atoms. The van der Waals surface area contributed by atoms with Gasteiger partial charge in [-0.15, -0.1) is 0 Å². The molecule has 0 aliphatic heterocycles. The summed E-state index contributed by atoms with van der Waals surface area (Å²) in [5.41, 5.74) is 0. The Bertz CT molecular complexity index is 105. The van der Waals surface area contributed by atoms with Crippen molar-refractivity contribution in [1.29, 1.82) is 0 Å². The van der Waals surface area contributed by atoms with Gasteiger partial charge in [-0.1, -0.05) is 0 Å².